The van der Waals surface area contributed by atoms with Gasteiger partial charge in [-0.15, -0.1) is 11.8 Å². The summed E-state index contributed by atoms with van der Waals surface area (Å²) >= 11 is 1.73. The van der Waals surface area contributed by atoms with Crippen molar-refractivity contribution in [3.8, 4) is 0 Å². The first-order valence-electron chi connectivity index (χ1n) is 6.05. The summed E-state index contributed by atoms with van der Waals surface area (Å²) in [6, 6.07) is 18.2. The average Bonchev–Trinajstić information content (AvgIpc) is 2.98. The number of thioether (sulfide) groups is 1. The molecule has 3 rings (SSSR count). The lowest BCUT2D eigenvalue weighted by Crippen LogP contribution is -2.17. The van der Waals surface area contributed by atoms with Gasteiger partial charge in [-0.25, -0.2) is 15.3 Å². The fourth-order valence-electron chi connectivity index (χ4n) is 1.92. The summed E-state index contributed by atoms with van der Waals surface area (Å²) in [6.07, 6.45) is 1.79. The highest BCUT2D eigenvalue weighted by Gasteiger charge is 2.20. The highest BCUT2D eigenvalue weighted by molar-refractivity contribution is 7.98. The molecule has 0 saturated heterocycles. The number of benzene rings is 2. The second kappa shape index (κ2) is 5.47. The second-order valence-electron chi connectivity index (χ2n) is 4.19. The maximum Gasteiger partial charge on any atom is 0.202 e. The molecule has 0 spiro atoms. The second-order valence-corrected chi connectivity index (χ2v) is 5.07. The van der Waals surface area contributed by atoms with E-state index in [0.29, 0.717) is 0 Å². The predicted molar refractivity (Wildman–Crippen MR) is 78.2 cm³/mol. The van der Waals surface area contributed by atoms with E-state index >= 15 is 0 Å². The Hall–Kier alpha value is -1.78. The normalized spacial score (nSPS) is 17.9. The Morgan fingerprint density at radius 3 is 2.47 bits per heavy atom. The predicted octanol–water partition coefficient (Wildman–Crippen LogP) is 3.39. The van der Waals surface area contributed by atoms with E-state index in [1.807, 2.05) is 30.3 Å². The minimum absolute atomic E-state index is 0.272. The molecule has 0 radical (unpaired) electrons. The van der Waals surface area contributed by atoms with Crippen molar-refractivity contribution in [2.75, 3.05) is 6.26 Å². The Balaban J connectivity index is 1.82. The van der Waals surface area contributed by atoms with Gasteiger partial charge >= 0.3 is 0 Å². The fourth-order valence-corrected chi connectivity index (χ4v) is 2.33. The van der Waals surface area contributed by atoms with Crippen molar-refractivity contribution >= 4 is 17.6 Å². The van der Waals surface area contributed by atoms with Crippen molar-refractivity contribution in [3.63, 3.8) is 0 Å². The molecular weight excluding hydrogens is 256 g/mol. The van der Waals surface area contributed by atoms with E-state index in [0.717, 1.165) is 17.0 Å². The number of aliphatic imine (C=N–C) groups is 1. The van der Waals surface area contributed by atoms with Crippen molar-refractivity contribution < 1.29 is 4.84 Å². The van der Waals surface area contributed by atoms with Crippen LogP contribution in [0.15, 0.2) is 64.5 Å². The molecule has 1 aliphatic rings. The third kappa shape index (κ3) is 2.64. The van der Waals surface area contributed by atoms with Crippen LogP contribution in [-0.4, -0.2) is 12.1 Å². The monoisotopic (exact) mass is 270 g/mol. The largest absolute Gasteiger partial charge is 0.246 e. The fraction of sp³-hybridized carbons (Fsp3) is 0.133. The van der Waals surface area contributed by atoms with Gasteiger partial charge in [-0.05, 0) is 18.4 Å². The highest BCUT2D eigenvalue weighted by Crippen LogP contribution is 2.25. The van der Waals surface area contributed by atoms with E-state index < -0.39 is 0 Å². The number of nitrogens with zero attached hydrogens (tertiary/aromatic N) is 1. The van der Waals surface area contributed by atoms with E-state index in [2.05, 4.69) is 41.0 Å². The molecule has 4 heteroatoms. The molecule has 0 bridgehead atoms. The quantitative estimate of drug-likeness (QED) is 0.868. The summed E-state index contributed by atoms with van der Waals surface area (Å²) in [5.74, 6) is 0.777. The van der Waals surface area contributed by atoms with Crippen molar-refractivity contribution in [3.05, 3.63) is 65.7 Å². The molecule has 2 aromatic carbocycles. The van der Waals surface area contributed by atoms with Gasteiger partial charge in [0.1, 0.15) is 0 Å². The summed E-state index contributed by atoms with van der Waals surface area (Å²) in [5.41, 5.74) is 4.98. The van der Waals surface area contributed by atoms with Crippen LogP contribution in [0.1, 0.15) is 17.4 Å². The van der Waals surface area contributed by atoms with Gasteiger partial charge in [0.2, 0.25) is 6.23 Å². The Labute approximate surface area is 116 Å². The number of hydroxylamine groups is 1. The highest BCUT2D eigenvalue weighted by atomic mass is 32.2. The van der Waals surface area contributed by atoms with E-state index in [9.17, 15) is 0 Å². The minimum atomic E-state index is -0.272. The molecule has 0 fully saturated rings. The summed E-state index contributed by atoms with van der Waals surface area (Å²) in [5, 5.41) is 0. The van der Waals surface area contributed by atoms with Crippen molar-refractivity contribution in [1.82, 2.24) is 5.48 Å². The molecule has 1 aliphatic heterocycles. The van der Waals surface area contributed by atoms with Gasteiger partial charge in [-0.3, -0.25) is 0 Å². The first-order chi connectivity index (χ1) is 9.36. The van der Waals surface area contributed by atoms with Crippen molar-refractivity contribution in [2.24, 2.45) is 4.99 Å². The lowest BCUT2D eigenvalue weighted by Gasteiger charge is -2.06. The Morgan fingerprint density at radius 2 is 1.79 bits per heavy atom. The first-order valence-corrected chi connectivity index (χ1v) is 7.28. The smallest absolute Gasteiger partial charge is 0.202 e. The summed E-state index contributed by atoms with van der Waals surface area (Å²) in [4.78, 5) is 11.3. The molecular formula is C15H14N2OS. The third-order valence-corrected chi connectivity index (χ3v) is 3.71. The molecule has 3 nitrogen and oxygen atoms in total. The lowest BCUT2D eigenvalue weighted by atomic mass is 10.2. The standard InChI is InChI=1S/C15H14N2OS/c1-19-13-9-7-12(8-10-13)15-16-14(17-18-15)11-5-3-2-4-6-11/h2-10,15H,1H3,(H,16,17)/t15-/m1/s1. The molecule has 0 aliphatic carbocycles. The van der Waals surface area contributed by atoms with Gasteiger partial charge in [-0.1, -0.05) is 42.5 Å². The van der Waals surface area contributed by atoms with Gasteiger partial charge in [0.05, 0.1) is 0 Å². The van der Waals surface area contributed by atoms with E-state index in [1.54, 1.807) is 11.8 Å². The van der Waals surface area contributed by atoms with Gasteiger partial charge < -0.3 is 0 Å². The third-order valence-electron chi connectivity index (χ3n) is 2.96. The van der Waals surface area contributed by atoms with E-state index in [4.69, 9.17) is 4.84 Å². The Kier molecular flexibility index (Phi) is 3.53. The van der Waals surface area contributed by atoms with E-state index in [1.165, 1.54) is 4.90 Å². The zero-order valence-corrected chi connectivity index (χ0v) is 11.4. The van der Waals surface area contributed by atoms with Gasteiger partial charge in [-0.2, -0.15) is 0 Å². The van der Waals surface area contributed by atoms with Crippen LogP contribution in [0.4, 0.5) is 0 Å². The zero-order chi connectivity index (χ0) is 13.1. The van der Waals surface area contributed by atoms with Crippen LogP contribution >= 0.6 is 11.8 Å². The van der Waals surface area contributed by atoms with Crippen LogP contribution in [0.2, 0.25) is 0 Å². The number of hydrogen-bond donors (Lipinski definition) is 1. The van der Waals surface area contributed by atoms with Crippen LogP contribution < -0.4 is 5.48 Å². The van der Waals surface area contributed by atoms with Gasteiger partial charge in [0.25, 0.3) is 0 Å². The minimum Gasteiger partial charge on any atom is -0.246 e. The molecule has 0 amide bonds. The topological polar surface area (TPSA) is 33.6 Å². The molecule has 2 aromatic rings. The molecule has 1 N–H and O–H groups in total. The zero-order valence-electron chi connectivity index (χ0n) is 10.5. The van der Waals surface area contributed by atoms with Crippen molar-refractivity contribution in [1.29, 1.82) is 0 Å². The summed E-state index contributed by atoms with van der Waals surface area (Å²) < 4.78 is 0. The lowest BCUT2D eigenvalue weighted by molar-refractivity contribution is 0.0376. The van der Waals surface area contributed by atoms with Crippen LogP contribution in [0, 0.1) is 0 Å². The molecule has 0 unspecified atom stereocenters. The first kappa shape index (κ1) is 12.3. The van der Waals surface area contributed by atoms with Crippen LogP contribution in [-0.2, 0) is 4.84 Å². The molecule has 1 heterocycles. The number of amidine groups is 1. The molecule has 1 atom stereocenters. The Bertz CT molecular complexity index is 581. The van der Waals surface area contributed by atoms with Crippen LogP contribution in [0.5, 0.6) is 0 Å². The maximum atomic E-state index is 5.52. The molecule has 0 saturated carbocycles. The number of rotatable bonds is 3. The van der Waals surface area contributed by atoms with Gasteiger partial charge in [0.15, 0.2) is 5.84 Å². The van der Waals surface area contributed by atoms with Crippen LogP contribution in [0.3, 0.4) is 0 Å². The van der Waals surface area contributed by atoms with Gasteiger partial charge in [0, 0.05) is 16.0 Å². The average molecular weight is 270 g/mol. The van der Waals surface area contributed by atoms with E-state index in [-0.39, 0.29) is 6.23 Å². The number of nitrogens with one attached hydrogen (secondary N) is 1. The number of hydrogen-bond acceptors (Lipinski definition) is 4. The van der Waals surface area contributed by atoms with Crippen molar-refractivity contribution in [2.45, 2.75) is 11.1 Å². The summed E-state index contributed by atoms with van der Waals surface area (Å²) in [6.45, 7) is 0. The van der Waals surface area contributed by atoms with Crippen LogP contribution in [0.25, 0.3) is 0 Å². The molecule has 96 valence electrons. The maximum absolute atomic E-state index is 5.52. The SMILES string of the molecule is CSc1ccc([C@@H]2N=C(c3ccccc3)NO2)cc1. The molecule has 19 heavy (non-hydrogen) atoms. The summed E-state index contributed by atoms with van der Waals surface area (Å²) in [7, 11) is 0. The Morgan fingerprint density at radius 1 is 1.05 bits per heavy atom. The molecule has 0 aromatic heterocycles.